The van der Waals surface area contributed by atoms with E-state index < -0.39 is 0 Å². The minimum atomic E-state index is -0.0583. The Balaban J connectivity index is 1.25. The first kappa shape index (κ1) is 15.4. The third-order valence-corrected chi connectivity index (χ3v) is 5.36. The van der Waals surface area contributed by atoms with Gasteiger partial charge in [-0.05, 0) is 43.2 Å². The number of hydrogen-bond donors (Lipinski definition) is 1. The molecular weight excluding hydrogens is 328 g/mol. The van der Waals surface area contributed by atoms with Crippen LogP contribution in [0.15, 0.2) is 47.4 Å². The fourth-order valence-electron chi connectivity index (χ4n) is 3.66. The van der Waals surface area contributed by atoms with Crippen LogP contribution in [0.2, 0.25) is 0 Å². The summed E-state index contributed by atoms with van der Waals surface area (Å²) in [5.74, 6) is 0.871. The van der Waals surface area contributed by atoms with Crippen molar-refractivity contribution in [2.24, 2.45) is 5.92 Å². The van der Waals surface area contributed by atoms with Crippen molar-refractivity contribution in [3.05, 3.63) is 64.2 Å². The van der Waals surface area contributed by atoms with Crippen LogP contribution >= 0.6 is 0 Å². The SMILES string of the molecule is O=C(c1ccc2[nH]ccc2c1)N1CC(Cn2nc(C3CC3)ccc2=O)C1. The fraction of sp³-hybridized carbons (Fsp3) is 0.350. The van der Waals surface area contributed by atoms with Gasteiger partial charge in [-0.3, -0.25) is 9.59 Å². The average molecular weight is 348 g/mol. The molecule has 5 rings (SSSR count). The average Bonchev–Trinajstić information content (AvgIpc) is 3.35. The van der Waals surface area contributed by atoms with E-state index in [-0.39, 0.29) is 17.4 Å². The number of carbonyl (C=O) groups is 1. The molecule has 26 heavy (non-hydrogen) atoms. The molecule has 0 atom stereocenters. The highest BCUT2D eigenvalue weighted by molar-refractivity contribution is 5.98. The third-order valence-electron chi connectivity index (χ3n) is 5.36. The van der Waals surface area contributed by atoms with Gasteiger partial charge < -0.3 is 9.88 Å². The smallest absolute Gasteiger partial charge is 0.266 e. The number of nitrogens with one attached hydrogen (secondary N) is 1. The van der Waals surface area contributed by atoms with Gasteiger partial charge in [0, 0.05) is 53.7 Å². The van der Waals surface area contributed by atoms with Crippen molar-refractivity contribution in [2.75, 3.05) is 13.1 Å². The molecule has 132 valence electrons. The zero-order valence-electron chi connectivity index (χ0n) is 14.4. The first-order chi connectivity index (χ1) is 12.7. The van der Waals surface area contributed by atoms with E-state index in [1.54, 1.807) is 10.7 Å². The number of H-pyrrole nitrogens is 1. The number of aromatic nitrogens is 3. The van der Waals surface area contributed by atoms with E-state index in [0.29, 0.717) is 31.1 Å². The molecule has 3 aromatic rings. The molecule has 6 heteroatoms. The molecule has 1 saturated carbocycles. The second-order valence-corrected chi connectivity index (χ2v) is 7.41. The molecule has 0 unspecified atom stereocenters. The molecule has 2 fully saturated rings. The second-order valence-electron chi connectivity index (χ2n) is 7.41. The number of nitrogens with zero attached hydrogens (tertiary/aromatic N) is 3. The Hall–Kier alpha value is -2.89. The van der Waals surface area contributed by atoms with Crippen molar-refractivity contribution < 1.29 is 4.79 Å². The molecule has 3 heterocycles. The Morgan fingerprint density at radius 2 is 2.00 bits per heavy atom. The van der Waals surface area contributed by atoms with Crippen LogP contribution in [0.5, 0.6) is 0 Å². The largest absolute Gasteiger partial charge is 0.361 e. The van der Waals surface area contributed by atoms with Gasteiger partial charge in [0.25, 0.3) is 11.5 Å². The highest BCUT2D eigenvalue weighted by Gasteiger charge is 2.32. The predicted octanol–water partition coefficient (Wildman–Crippen LogP) is 2.37. The fourth-order valence-corrected chi connectivity index (χ4v) is 3.66. The van der Waals surface area contributed by atoms with Crippen molar-refractivity contribution in [1.29, 1.82) is 0 Å². The quantitative estimate of drug-likeness (QED) is 0.787. The van der Waals surface area contributed by atoms with Crippen LogP contribution in [0.25, 0.3) is 10.9 Å². The van der Waals surface area contributed by atoms with E-state index in [2.05, 4.69) is 10.1 Å². The van der Waals surface area contributed by atoms with Crippen molar-refractivity contribution in [3.63, 3.8) is 0 Å². The van der Waals surface area contributed by atoms with Crippen molar-refractivity contribution >= 4 is 16.8 Å². The van der Waals surface area contributed by atoms with Gasteiger partial charge in [0.05, 0.1) is 12.2 Å². The zero-order valence-corrected chi connectivity index (χ0v) is 14.4. The summed E-state index contributed by atoms with van der Waals surface area (Å²) in [6, 6.07) is 11.2. The highest BCUT2D eigenvalue weighted by Crippen LogP contribution is 2.38. The predicted molar refractivity (Wildman–Crippen MR) is 98.2 cm³/mol. The van der Waals surface area contributed by atoms with Crippen molar-refractivity contribution in [3.8, 4) is 0 Å². The second kappa shape index (κ2) is 5.83. The molecule has 0 radical (unpaired) electrons. The van der Waals surface area contributed by atoms with Crippen LogP contribution in [-0.2, 0) is 6.54 Å². The van der Waals surface area contributed by atoms with E-state index >= 15 is 0 Å². The Bertz CT molecular complexity index is 1040. The molecule has 1 N–H and O–H groups in total. The molecule has 6 nitrogen and oxygen atoms in total. The Labute approximate surface area is 150 Å². The zero-order chi connectivity index (χ0) is 17.7. The summed E-state index contributed by atoms with van der Waals surface area (Å²) < 4.78 is 1.58. The van der Waals surface area contributed by atoms with Gasteiger partial charge in [-0.1, -0.05) is 0 Å². The first-order valence-corrected chi connectivity index (χ1v) is 9.12. The summed E-state index contributed by atoms with van der Waals surface area (Å²) in [4.78, 5) is 29.7. The van der Waals surface area contributed by atoms with Crippen LogP contribution in [0.1, 0.15) is 34.8 Å². The van der Waals surface area contributed by atoms with Gasteiger partial charge in [-0.2, -0.15) is 5.10 Å². The van der Waals surface area contributed by atoms with E-state index in [4.69, 9.17) is 0 Å². The molecule has 2 aliphatic rings. The standard InChI is InChI=1S/C20H20N4O2/c25-19-6-5-18(14-1-2-14)22-24(19)12-13-10-23(11-13)20(26)16-3-4-17-15(9-16)7-8-21-17/h3-9,13-14,21H,1-2,10-12H2. The van der Waals surface area contributed by atoms with Crippen molar-refractivity contribution in [1.82, 2.24) is 19.7 Å². The maximum Gasteiger partial charge on any atom is 0.266 e. The normalized spacial score (nSPS) is 17.5. The lowest BCUT2D eigenvalue weighted by Gasteiger charge is -2.39. The number of fused-ring (bicyclic) bond motifs is 1. The van der Waals surface area contributed by atoms with Crippen LogP contribution in [0.3, 0.4) is 0 Å². The highest BCUT2D eigenvalue weighted by atomic mass is 16.2. The number of likely N-dealkylation sites (tertiary alicyclic amines) is 1. The Kier molecular flexibility index (Phi) is 3.45. The number of hydrogen-bond acceptors (Lipinski definition) is 3. The molecule has 0 spiro atoms. The van der Waals surface area contributed by atoms with Crippen LogP contribution < -0.4 is 5.56 Å². The minimum Gasteiger partial charge on any atom is -0.361 e. The van der Waals surface area contributed by atoms with Gasteiger partial charge in [0.15, 0.2) is 0 Å². The lowest BCUT2D eigenvalue weighted by Crippen LogP contribution is -2.52. The third kappa shape index (κ3) is 2.71. The molecule has 2 aromatic heterocycles. The minimum absolute atomic E-state index is 0.0522. The summed E-state index contributed by atoms with van der Waals surface area (Å²) >= 11 is 0. The lowest BCUT2D eigenvalue weighted by molar-refractivity contribution is 0.0458. The maximum absolute atomic E-state index is 12.6. The number of aromatic amines is 1. The molecule has 0 bridgehead atoms. The summed E-state index contributed by atoms with van der Waals surface area (Å²) in [5, 5.41) is 5.55. The van der Waals surface area contributed by atoms with Crippen molar-refractivity contribution in [2.45, 2.75) is 25.3 Å². The maximum atomic E-state index is 12.6. The van der Waals surface area contributed by atoms with Gasteiger partial charge in [0.1, 0.15) is 0 Å². The lowest BCUT2D eigenvalue weighted by atomic mass is 9.98. The molecule has 1 saturated heterocycles. The Morgan fingerprint density at radius 3 is 2.81 bits per heavy atom. The van der Waals surface area contributed by atoms with Gasteiger partial charge >= 0.3 is 0 Å². The summed E-state index contributed by atoms with van der Waals surface area (Å²) in [5.41, 5.74) is 2.71. The number of rotatable bonds is 4. The monoisotopic (exact) mass is 348 g/mol. The van der Waals surface area contributed by atoms with E-state index in [9.17, 15) is 9.59 Å². The van der Waals surface area contributed by atoms with Gasteiger partial charge in [-0.25, -0.2) is 4.68 Å². The summed E-state index contributed by atoms with van der Waals surface area (Å²) in [6.45, 7) is 1.93. The molecule has 1 aliphatic carbocycles. The molecule has 1 amide bonds. The summed E-state index contributed by atoms with van der Waals surface area (Å²) in [6.07, 6.45) is 4.21. The Morgan fingerprint density at radius 1 is 1.15 bits per heavy atom. The van der Waals surface area contributed by atoms with Gasteiger partial charge in [0.2, 0.25) is 0 Å². The number of carbonyl (C=O) groups excluding carboxylic acids is 1. The molecule has 1 aliphatic heterocycles. The number of amides is 1. The van der Waals surface area contributed by atoms with Crippen LogP contribution in [0.4, 0.5) is 0 Å². The number of benzene rings is 1. The van der Waals surface area contributed by atoms with Crippen LogP contribution in [-0.4, -0.2) is 38.7 Å². The van der Waals surface area contributed by atoms with E-state index in [1.165, 1.54) is 12.8 Å². The first-order valence-electron chi connectivity index (χ1n) is 9.12. The van der Waals surface area contributed by atoms with Crippen LogP contribution in [0, 0.1) is 5.92 Å². The van der Waals surface area contributed by atoms with E-state index in [0.717, 1.165) is 16.6 Å². The topological polar surface area (TPSA) is 71.0 Å². The summed E-state index contributed by atoms with van der Waals surface area (Å²) in [7, 11) is 0. The molecule has 1 aromatic carbocycles. The van der Waals surface area contributed by atoms with Gasteiger partial charge in [-0.15, -0.1) is 0 Å². The van der Waals surface area contributed by atoms with E-state index in [1.807, 2.05) is 41.4 Å². The molecular formula is C20H20N4O2.